The van der Waals surface area contributed by atoms with E-state index in [4.69, 9.17) is 47.0 Å². The summed E-state index contributed by atoms with van der Waals surface area (Å²) in [5.41, 5.74) is 1.09. The number of rotatable bonds is 2. The molecule has 2 amide bonds. The molecule has 0 saturated carbocycles. The minimum atomic E-state index is -2.02. The standard InChI is InChI=1S/C11H10Cl3N3O2S/c1-6(18)15-10(20)17-8-4-2-7(3-5-8)16-9(19)11(12,13)14/h2-5H,1H3,(H,16,19)(H2,15,17,18,20). The average Bonchev–Trinajstić information content (AvgIpc) is 2.29. The number of hydrogen-bond acceptors (Lipinski definition) is 3. The lowest BCUT2D eigenvalue weighted by atomic mass is 10.3. The molecule has 0 fully saturated rings. The number of anilines is 2. The molecule has 0 atom stereocenters. The number of carbonyl (C=O) groups is 2. The molecule has 9 heteroatoms. The molecule has 0 radical (unpaired) electrons. The van der Waals surface area contributed by atoms with Crippen molar-refractivity contribution < 1.29 is 9.59 Å². The third kappa shape index (κ3) is 5.92. The van der Waals surface area contributed by atoms with Crippen molar-refractivity contribution in [1.82, 2.24) is 5.32 Å². The van der Waals surface area contributed by atoms with Gasteiger partial charge in [-0.05, 0) is 36.5 Å². The fourth-order valence-corrected chi connectivity index (χ4v) is 1.56. The molecule has 0 aromatic heterocycles. The molecule has 1 aromatic rings. The molecule has 0 heterocycles. The predicted octanol–water partition coefficient (Wildman–Crippen LogP) is 2.83. The predicted molar refractivity (Wildman–Crippen MR) is 85.4 cm³/mol. The van der Waals surface area contributed by atoms with E-state index in [0.717, 1.165) is 0 Å². The van der Waals surface area contributed by atoms with E-state index in [1.54, 1.807) is 24.3 Å². The Hall–Kier alpha value is -1.08. The van der Waals surface area contributed by atoms with E-state index in [1.807, 2.05) is 0 Å². The summed E-state index contributed by atoms with van der Waals surface area (Å²) in [5.74, 6) is -1.02. The summed E-state index contributed by atoms with van der Waals surface area (Å²) in [6.07, 6.45) is 0. The minimum absolute atomic E-state index is 0.176. The van der Waals surface area contributed by atoms with Crippen molar-refractivity contribution in [2.45, 2.75) is 10.7 Å². The molecule has 1 rings (SSSR count). The third-order valence-corrected chi connectivity index (χ3v) is 2.67. The normalized spacial score (nSPS) is 10.6. The van der Waals surface area contributed by atoms with Gasteiger partial charge in [-0.2, -0.15) is 0 Å². The molecule has 0 unspecified atom stereocenters. The molecule has 1 aromatic carbocycles. The monoisotopic (exact) mass is 353 g/mol. The van der Waals surface area contributed by atoms with Crippen molar-refractivity contribution in [3.05, 3.63) is 24.3 Å². The van der Waals surface area contributed by atoms with Crippen molar-refractivity contribution >= 4 is 75.3 Å². The Bertz CT molecular complexity index is 529. The number of hydrogen-bond donors (Lipinski definition) is 3. The van der Waals surface area contributed by atoms with Crippen LogP contribution < -0.4 is 16.0 Å². The fraction of sp³-hybridized carbons (Fsp3) is 0.182. The highest BCUT2D eigenvalue weighted by Gasteiger charge is 2.30. The smallest absolute Gasteiger partial charge is 0.276 e. The van der Waals surface area contributed by atoms with Crippen LogP contribution in [0.4, 0.5) is 11.4 Å². The summed E-state index contributed by atoms with van der Waals surface area (Å²) in [6.45, 7) is 1.35. The van der Waals surface area contributed by atoms with Crippen LogP contribution >= 0.6 is 47.0 Å². The maximum absolute atomic E-state index is 11.4. The van der Waals surface area contributed by atoms with Crippen LogP contribution in [0.5, 0.6) is 0 Å². The van der Waals surface area contributed by atoms with Crippen LogP contribution in [0.1, 0.15) is 6.92 Å². The quantitative estimate of drug-likeness (QED) is 0.564. The first-order chi connectivity index (χ1) is 9.18. The second kappa shape index (κ2) is 7.08. The van der Waals surface area contributed by atoms with Gasteiger partial charge >= 0.3 is 0 Å². The minimum Gasteiger partial charge on any atom is -0.332 e. The van der Waals surface area contributed by atoms with Crippen LogP contribution in [0.2, 0.25) is 0 Å². The van der Waals surface area contributed by atoms with Crippen molar-refractivity contribution in [2.24, 2.45) is 0 Å². The fourth-order valence-electron chi connectivity index (χ4n) is 1.16. The zero-order chi connectivity index (χ0) is 15.3. The first kappa shape index (κ1) is 17.0. The highest BCUT2D eigenvalue weighted by atomic mass is 35.6. The van der Waals surface area contributed by atoms with E-state index >= 15 is 0 Å². The van der Waals surface area contributed by atoms with Gasteiger partial charge in [0.05, 0.1) is 0 Å². The van der Waals surface area contributed by atoms with E-state index in [0.29, 0.717) is 11.4 Å². The summed E-state index contributed by atoms with van der Waals surface area (Å²) >= 11 is 21.2. The van der Waals surface area contributed by atoms with Gasteiger partial charge in [-0.1, -0.05) is 34.8 Å². The molecule has 3 N–H and O–H groups in total. The van der Waals surface area contributed by atoms with Crippen LogP contribution in [0.25, 0.3) is 0 Å². The van der Waals surface area contributed by atoms with Crippen molar-refractivity contribution in [1.29, 1.82) is 0 Å². The zero-order valence-electron chi connectivity index (χ0n) is 10.2. The van der Waals surface area contributed by atoms with E-state index in [1.165, 1.54) is 6.92 Å². The summed E-state index contributed by atoms with van der Waals surface area (Å²) in [5, 5.41) is 7.82. The Morgan fingerprint density at radius 1 is 1.05 bits per heavy atom. The van der Waals surface area contributed by atoms with Gasteiger partial charge < -0.3 is 16.0 Å². The lowest BCUT2D eigenvalue weighted by Crippen LogP contribution is -2.32. The molecular formula is C11H10Cl3N3O2S. The van der Waals surface area contributed by atoms with Crippen LogP contribution in [0, 0.1) is 0 Å². The van der Waals surface area contributed by atoms with Gasteiger partial charge in [0.15, 0.2) is 5.11 Å². The Balaban J connectivity index is 2.63. The largest absolute Gasteiger partial charge is 0.332 e. The van der Waals surface area contributed by atoms with Crippen LogP contribution in [-0.4, -0.2) is 20.7 Å². The number of carbonyl (C=O) groups excluding carboxylic acids is 2. The highest BCUT2D eigenvalue weighted by Crippen LogP contribution is 2.27. The molecule has 0 saturated heterocycles. The highest BCUT2D eigenvalue weighted by molar-refractivity contribution is 7.80. The maximum Gasteiger partial charge on any atom is 0.276 e. The first-order valence-electron chi connectivity index (χ1n) is 5.25. The molecule has 0 aliphatic heterocycles. The molecule has 0 aliphatic rings. The van der Waals surface area contributed by atoms with Gasteiger partial charge in [-0.15, -0.1) is 0 Å². The van der Waals surface area contributed by atoms with E-state index < -0.39 is 9.70 Å². The van der Waals surface area contributed by atoms with Crippen LogP contribution in [-0.2, 0) is 9.59 Å². The van der Waals surface area contributed by atoms with Gasteiger partial charge in [0.2, 0.25) is 5.91 Å². The summed E-state index contributed by atoms with van der Waals surface area (Å²) < 4.78 is -2.02. The summed E-state index contributed by atoms with van der Waals surface area (Å²) in [6, 6.07) is 6.46. The Kier molecular flexibility index (Phi) is 6.01. The van der Waals surface area contributed by atoms with Gasteiger partial charge in [0, 0.05) is 18.3 Å². The van der Waals surface area contributed by atoms with Crippen molar-refractivity contribution in [3.63, 3.8) is 0 Å². The van der Waals surface area contributed by atoms with Crippen molar-refractivity contribution in [2.75, 3.05) is 10.6 Å². The van der Waals surface area contributed by atoms with Gasteiger partial charge in [-0.25, -0.2) is 0 Å². The second-order valence-corrected chi connectivity index (χ2v) is 6.35. The molecule has 0 spiro atoms. The van der Waals surface area contributed by atoms with Crippen LogP contribution in [0.15, 0.2) is 24.3 Å². The average molecular weight is 355 g/mol. The Labute approximate surface area is 135 Å². The molecule has 5 nitrogen and oxygen atoms in total. The summed E-state index contributed by atoms with van der Waals surface area (Å²) in [4.78, 5) is 22.2. The molecule has 20 heavy (non-hydrogen) atoms. The van der Waals surface area contributed by atoms with Gasteiger partial charge in [-0.3, -0.25) is 9.59 Å². The van der Waals surface area contributed by atoms with Crippen LogP contribution in [0.3, 0.4) is 0 Å². The first-order valence-corrected chi connectivity index (χ1v) is 6.79. The number of amides is 2. The Morgan fingerprint density at radius 3 is 1.90 bits per heavy atom. The lowest BCUT2D eigenvalue weighted by molar-refractivity contribution is -0.117. The number of benzene rings is 1. The topological polar surface area (TPSA) is 70.2 Å². The van der Waals surface area contributed by atoms with Crippen molar-refractivity contribution in [3.8, 4) is 0 Å². The molecule has 0 aliphatic carbocycles. The number of alkyl halides is 3. The number of halogens is 3. The van der Waals surface area contributed by atoms with Gasteiger partial charge in [0.1, 0.15) is 0 Å². The zero-order valence-corrected chi connectivity index (χ0v) is 13.3. The maximum atomic E-state index is 11.4. The molecular weight excluding hydrogens is 345 g/mol. The Morgan fingerprint density at radius 2 is 1.50 bits per heavy atom. The number of nitrogens with one attached hydrogen (secondary N) is 3. The second-order valence-electron chi connectivity index (χ2n) is 3.66. The van der Waals surface area contributed by atoms with Gasteiger partial charge in [0.25, 0.3) is 9.70 Å². The van der Waals surface area contributed by atoms with E-state index in [2.05, 4.69) is 16.0 Å². The van der Waals surface area contributed by atoms with E-state index in [-0.39, 0.29) is 11.0 Å². The summed E-state index contributed by atoms with van der Waals surface area (Å²) in [7, 11) is 0. The molecule has 108 valence electrons. The SMILES string of the molecule is CC(=O)NC(=S)Nc1ccc(NC(=O)C(Cl)(Cl)Cl)cc1. The van der Waals surface area contributed by atoms with E-state index in [9.17, 15) is 9.59 Å². The molecule has 0 bridgehead atoms. The third-order valence-electron chi connectivity index (χ3n) is 1.95. The lowest BCUT2D eigenvalue weighted by Gasteiger charge is -2.12. The number of thiocarbonyl (C=S) groups is 1.